The van der Waals surface area contributed by atoms with E-state index in [0.717, 1.165) is 5.56 Å². The Hall–Kier alpha value is -2.96. The molecule has 0 saturated carbocycles. The van der Waals surface area contributed by atoms with Gasteiger partial charge in [-0.05, 0) is 65.5 Å². The number of esters is 1. The maximum atomic E-state index is 12.0. The number of hydrazone groups is 1. The molecule has 0 aliphatic carbocycles. The number of benzene rings is 2. The first-order chi connectivity index (χ1) is 12.6. The van der Waals surface area contributed by atoms with Crippen LogP contribution in [-0.2, 0) is 0 Å². The Labute approximate surface area is 158 Å². The second-order valence-electron chi connectivity index (χ2n) is 5.14. The lowest BCUT2D eigenvalue weighted by Crippen LogP contribution is -2.16. The van der Waals surface area contributed by atoms with E-state index in [1.165, 1.54) is 17.6 Å². The Balaban J connectivity index is 1.56. The van der Waals surface area contributed by atoms with E-state index in [4.69, 9.17) is 16.3 Å². The van der Waals surface area contributed by atoms with Crippen LogP contribution in [-0.4, -0.2) is 18.1 Å². The van der Waals surface area contributed by atoms with Crippen LogP contribution in [0.1, 0.15) is 25.6 Å². The Kier molecular flexibility index (Phi) is 5.78. The number of carbonyl (C=O) groups excluding carboxylic acids is 2. The molecule has 0 unspecified atom stereocenters. The molecule has 0 bridgehead atoms. The summed E-state index contributed by atoms with van der Waals surface area (Å²) in [7, 11) is 0. The topological polar surface area (TPSA) is 67.8 Å². The highest BCUT2D eigenvalue weighted by atomic mass is 35.5. The van der Waals surface area contributed by atoms with Gasteiger partial charge in [-0.3, -0.25) is 4.79 Å². The molecule has 1 N–H and O–H groups in total. The van der Waals surface area contributed by atoms with Crippen LogP contribution in [0.2, 0.25) is 5.02 Å². The number of hydrogen-bond donors (Lipinski definition) is 1. The molecule has 2 aromatic carbocycles. The van der Waals surface area contributed by atoms with Crippen LogP contribution in [0.5, 0.6) is 5.75 Å². The van der Waals surface area contributed by atoms with E-state index < -0.39 is 5.97 Å². The molecule has 26 heavy (non-hydrogen) atoms. The summed E-state index contributed by atoms with van der Waals surface area (Å²) in [5.74, 6) is -0.319. The predicted octanol–water partition coefficient (Wildman–Crippen LogP) is 4.38. The smallest absolute Gasteiger partial charge is 0.343 e. The number of thiophene rings is 1. The zero-order valence-electron chi connectivity index (χ0n) is 13.4. The molecule has 0 radical (unpaired) electrons. The number of amides is 1. The summed E-state index contributed by atoms with van der Waals surface area (Å²) < 4.78 is 5.29. The van der Waals surface area contributed by atoms with Crippen molar-refractivity contribution in [2.45, 2.75) is 0 Å². The fourth-order valence-corrected chi connectivity index (χ4v) is 2.74. The second kappa shape index (κ2) is 8.42. The molecule has 0 aliphatic heterocycles. The first-order valence-electron chi connectivity index (χ1n) is 7.56. The fourth-order valence-electron chi connectivity index (χ4n) is 2.00. The van der Waals surface area contributed by atoms with Crippen LogP contribution in [0.15, 0.2) is 71.1 Å². The van der Waals surface area contributed by atoms with Gasteiger partial charge in [0.25, 0.3) is 5.91 Å². The van der Waals surface area contributed by atoms with Crippen molar-refractivity contribution in [2.75, 3.05) is 0 Å². The Morgan fingerprint density at radius 3 is 2.42 bits per heavy atom. The highest BCUT2D eigenvalue weighted by Gasteiger charge is 2.08. The predicted molar refractivity (Wildman–Crippen MR) is 102 cm³/mol. The maximum Gasteiger partial charge on any atom is 0.343 e. The molecule has 0 spiro atoms. The third-order valence-electron chi connectivity index (χ3n) is 3.30. The number of rotatable bonds is 5. The molecular formula is C19H13ClN2O3S. The monoisotopic (exact) mass is 384 g/mol. The minimum atomic E-state index is -0.466. The average Bonchev–Trinajstić information content (AvgIpc) is 3.18. The van der Waals surface area contributed by atoms with Gasteiger partial charge >= 0.3 is 5.97 Å². The summed E-state index contributed by atoms with van der Waals surface area (Å²) in [4.78, 5) is 24.4. The summed E-state index contributed by atoms with van der Waals surface area (Å²) in [6, 6.07) is 16.7. The van der Waals surface area contributed by atoms with E-state index in [1.54, 1.807) is 60.7 Å². The molecule has 0 fully saturated rings. The number of halogens is 1. The number of nitrogens with zero attached hydrogens (tertiary/aromatic N) is 1. The molecule has 1 heterocycles. The summed E-state index contributed by atoms with van der Waals surface area (Å²) in [6.45, 7) is 0. The molecule has 0 atom stereocenters. The molecule has 0 saturated heterocycles. The van der Waals surface area contributed by atoms with Crippen LogP contribution in [0.3, 0.4) is 0 Å². The zero-order valence-corrected chi connectivity index (χ0v) is 15.0. The van der Waals surface area contributed by atoms with Crippen LogP contribution >= 0.6 is 22.9 Å². The van der Waals surface area contributed by atoms with Gasteiger partial charge in [-0.1, -0.05) is 17.7 Å². The van der Waals surface area contributed by atoms with E-state index in [2.05, 4.69) is 10.5 Å². The van der Waals surface area contributed by atoms with E-state index in [1.807, 2.05) is 5.38 Å². The maximum absolute atomic E-state index is 12.0. The van der Waals surface area contributed by atoms with Gasteiger partial charge in [0.2, 0.25) is 0 Å². The van der Waals surface area contributed by atoms with Crippen molar-refractivity contribution in [1.82, 2.24) is 5.43 Å². The van der Waals surface area contributed by atoms with Crippen molar-refractivity contribution >= 4 is 41.0 Å². The van der Waals surface area contributed by atoms with E-state index in [0.29, 0.717) is 21.2 Å². The minimum absolute atomic E-state index is 0.259. The average molecular weight is 385 g/mol. The van der Waals surface area contributed by atoms with Gasteiger partial charge in [0.15, 0.2) is 0 Å². The van der Waals surface area contributed by atoms with Crippen molar-refractivity contribution in [3.63, 3.8) is 0 Å². The fraction of sp³-hybridized carbons (Fsp3) is 0. The summed E-state index contributed by atoms with van der Waals surface area (Å²) in [6.07, 6.45) is 1.51. The van der Waals surface area contributed by atoms with E-state index in [-0.39, 0.29) is 5.91 Å². The van der Waals surface area contributed by atoms with Crippen LogP contribution in [0.25, 0.3) is 0 Å². The van der Waals surface area contributed by atoms with Crippen molar-refractivity contribution < 1.29 is 14.3 Å². The lowest BCUT2D eigenvalue weighted by Gasteiger charge is -2.04. The largest absolute Gasteiger partial charge is 0.423 e. The number of nitrogens with one attached hydrogen (secondary N) is 1. The van der Waals surface area contributed by atoms with Crippen molar-refractivity contribution in [3.05, 3.63) is 87.1 Å². The summed E-state index contributed by atoms with van der Waals surface area (Å²) >= 11 is 7.14. The Morgan fingerprint density at radius 2 is 1.77 bits per heavy atom. The van der Waals surface area contributed by atoms with Crippen LogP contribution in [0, 0.1) is 0 Å². The van der Waals surface area contributed by atoms with Gasteiger partial charge in [0.05, 0.1) is 16.7 Å². The highest BCUT2D eigenvalue weighted by Crippen LogP contribution is 2.15. The molecule has 130 valence electrons. The first kappa shape index (κ1) is 17.8. The number of ether oxygens (including phenoxy) is 1. The molecule has 1 aromatic heterocycles. The van der Waals surface area contributed by atoms with E-state index >= 15 is 0 Å². The van der Waals surface area contributed by atoms with Gasteiger partial charge in [0.1, 0.15) is 5.75 Å². The molecule has 0 aliphatic rings. The van der Waals surface area contributed by atoms with Gasteiger partial charge in [0, 0.05) is 5.02 Å². The summed E-state index contributed by atoms with van der Waals surface area (Å²) in [5.41, 5.74) is 3.62. The van der Waals surface area contributed by atoms with Crippen LogP contribution in [0.4, 0.5) is 0 Å². The van der Waals surface area contributed by atoms with Crippen molar-refractivity contribution in [2.24, 2.45) is 5.10 Å². The Bertz CT molecular complexity index is 920. The lowest BCUT2D eigenvalue weighted by molar-refractivity contribution is 0.0734. The van der Waals surface area contributed by atoms with Gasteiger partial charge in [-0.15, -0.1) is 11.3 Å². The molecule has 1 amide bonds. The first-order valence-corrected chi connectivity index (χ1v) is 8.82. The zero-order chi connectivity index (χ0) is 18.4. The van der Waals surface area contributed by atoms with Gasteiger partial charge in [-0.25, -0.2) is 10.2 Å². The lowest BCUT2D eigenvalue weighted by atomic mass is 10.2. The van der Waals surface area contributed by atoms with Crippen molar-refractivity contribution in [1.29, 1.82) is 0 Å². The Morgan fingerprint density at radius 1 is 1.04 bits per heavy atom. The van der Waals surface area contributed by atoms with Crippen LogP contribution < -0.4 is 10.2 Å². The minimum Gasteiger partial charge on any atom is -0.423 e. The number of carbonyl (C=O) groups is 2. The molecule has 3 rings (SSSR count). The normalized spacial score (nSPS) is 10.7. The van der Waals surface area contributed by atoms with Gasteiger partial charge < -0.3 is 4.74 Å². The quantitative estimate of drug-likeness (QED) is 0.307. The SMILES string of the molecule is O=C(Oc1ccc(/C=N\NC(=O)c2cccs2)cc1)c1ccc(Cl)cc1. The van der Waals surface area contributed by atoms with E-state index in [9.17, 15) is 9.59 Å². The molecular weight excluding hydrogens is 372 g/mol. The summed E-state index contributed by atoms with van der Waals surface area (Å²) in [5, 5.41) is 6.28. The molecule has 3 aromatic rings. The second-order valence-corrected chi connectivity index (χ2v) is 6.53. The molecule has 7 heteroatoms. The molecule has 5 nitrogen and oxygen atoms in total. The van der Waals surface area contributed by atoms with Crippen molar-refractivity contribution in [3.8, 4) is 5.75 Å². The standard InChI is InChI=1S/C19H13ClN2O3S/c20-15-7-5-14(6-8-15)19(24)25-16-9-3-13(4-10-16)12-21-22-18(23)17-2-1-11-26-17/h1-12H,(H,22,23)/b21-12-. The number of hydrogen-bond acceptors (Lipinski definition) is 5. The third-order valence-corrected chi connectivity index (χ3v) is 4.42. The third kappa shape index (κ3) is 4.78. The van der Waals surface area contributed by atoms with Gasteiger partial charge in [-0.2, -0.15) is 5.10 Å². The highest BCUT2D eigenvalue weighted by molar-refractivity contribution is 7.12.